The molecular weight excluding hydrogens is 358 g/mol. The first-order valence-electron chi connectivity index (χ1n) is 8.96. The molecule has 3 rings (SSSR count). The van der Waals surface area contributed by atoms with E-state index in [1.807, 2.05) is 24.3 Å². The number of nitrogens with one attached hydrogen (secondary N) is 3. The van der Waals surface area contributed by atoms with Crippen LogP contribution in [0.25, 0.3) is 10.9 Å². The van der Waals surface area contributed by atoms with Crippen molar-refractivity contribution in [3.63, 3.8) is 0 Å². The summed E-state index contributed by atoms with van der Waals surface area (Å²) in [6, 6.07) is 14.3. The number of para-hydroxylation sites is 2. The average molecular weight is 379 g/mol. The van der Waals surface area contributed by atoms with Gasteiger partial charge in [-0.1, -0.05) is 30.3 Å². The third kappa shape index (κ3) is 4.56. The molecule has 0 unspecified atom stereocenters. The zero-order chi connectivity index (χ0) is 19.9. The molecule has 144 valence electrons. The van der Waals surface area contributed by atoms with Gasteiger partial charge in [0.15, 0.2) is 0 Å². The number of hydrogen-bond acceptors (Lipinski definition) is 4. The number of benzene rings is 2. The lowest BCUT2D eigenvalue weighted by Gasteiger charge is -2.11. The minimum atomic E-state index is -0.512. The van der Waals surface area contributed by atoms with Crippen molar-refractivity contribution in [1.82, 2.24) is 10.3 Å². The highest BCUT2D eigenvalue weighted by molar-refractivity contribution is 6.02. The second kappa shape index (κ2) is 8.85. The molecule has 7 heteroatoms. The SMILES string of the molecule is CCOC(=O)c1ccccc1NC(=O)CNC(=O)Cc1c[nH]c2ccccc12. The number of hydrogen-bond donors (Lipinski definition) is 3. The fourth-order valence-corrected chi connectivity index (χ4v) is 2.87. The van der Waals surface area contributed by atoms with Crippen molar-refractivity contribution in [2.24, 2.45) is 0 Å². The van der Waals surface area contributed by atoms with Crippen LogP contribution in [0.1, 0.15) is 22.8 Å². The van der Waals surface area contributed by atoms with Gasteiger partial charge in [-0.25, -0.2) is 4.79 Å². The standard InChI is InChI=1S/C21H21N3O4/c1-2-28-21(27)16-8-4-6-10-18(16)24-20(26)13-23-19(25)11-14-12-22-17-9-5-3-7-15(14)17/h3-10,12,22H,2,11,13H2,1H3,(H,23,25)(H,24,26). The molecule has 3 N–H and O–H groups in total. The largest absolute Gasteiger partial charge is 0.462 e. The smallest absolute Gasteiger partial charge is 0.340 e. The van der Waals surface area contributed by atoms with Crippen LogP contribution in [0.5, 0.6) is 0 Å². The molecule has 1 heterocycles. The molecule has 2 aromatic carbocycles. The zero-order valence-electron chi connectivity index (χ0n) is 15.5. The van der Waals surface area contributed by atoms with E-state index in [0.717, 1.165) is 16.5 Å². The maximum Gasteiger partial charge on any atom is 0.340 e. The van der Waals surface area contributed by atoms with Crippen molar-refractivity contribution >= 4 is 34.4 Å². The fourth-order valence-electron chi connectivity index (χ4n) is 2.87. The number of amides is 2. The third-order valence-electron chi connectivity index (χ3n) is 4.17. The second-order valence-electron chi connectivity index (χ2n) is 6.13. The molecule has 0 atom stereocenters. The molecule has 0 aliphatic rings. The van der Waals surface area contributed by atoms with Crippen molar-refractivity contribution in [2.75, 3.05) is 18.5 Å². The lowest BCUT2D eigenvalue weighted by Crippen LogP contribution is -2.34. The van der Waals surface area contributed by atoms with Crippen LogP contribution < -0.4 is 10.6 Å². The molecule has 0 saturated heterocycles. The van der Waals surface area contributed by atoms with Crippen molar-refractivity contribution in [2.45, 2.75) is 13.3 Å². The Bertz CT molecular complexity index is 1010. The van der Waals surface area contributed by atoms with E-state index in [9.17, 15) is 14.4 Å². The van der Waals surface area contributed by atoms with Gasteiger partial charge in [0.25, 0.3) is 0 Å². The number of carbonyl (C=O) groups is 3. The first kappa shape index (κ1) is 19.2. The van der Waals surface area contributed by atoms with E-state index >= 15 is 0 Å². The normalized spacial score (nSPS) is 10.5. The zero-order valence-corrected chi connectivity index (χ0v) is 15.5. The molecule has 0 bridgehead atoms. The van der Waals surface area contributed by atoms with Crippen molar-refractivity contribution in [3.05, 3.63) is 65.9 Å². The number of esters is 1. The second-order valence-corrected chi connectivity index (χ2v) is 6.13. The summed E-state index contributed by atoms with van der Waals surface area (Å²) in [6.45, 7) is 1.76. The molecule has 7 nitrogen and oxygen atoms in total. The molecule has 2 amide bonds. The Morgan fingerprint density at radius 3 is 2.57 bits per heavy atom. The highest BCUT2D eigenvalue weighted by Crippen LogP contribution is 2.18. The highest BCUT2D eigenvalue weighted by Gasteiger charge is 2.15. The van der Waals surface area contributed by atoms with Gasteiger partial charge in [0.05, 0.1) is 30.8 Å². The third-order valence-corrected chi connectivity index (χ3v) is 4.17. The molecule has 0 spiro atoms. The Balaban J connectivity index is 1.56. The van der Waals surface area contributed by atoms with Gasteiger partial charge in [-0.2, -0.15) is 0 Å². The quantitative estimate of drug-likeness (QED) is 0.550. The number of ether oxygens (including phenoxy) is 1. The van der Waals surface area contributed by atoms with Gasteiger partial charge in [-0.15, -0.1) is 0 Å². The first-order valence-corrected chi connectivity index (χ1v) is 8.96. The summed E-state index contributed by atoms with van der Waals surface area (Å²) in [5.41, 5.74) is 2.43. The summed E-state index contributed by atoms with van der Waals surface area (Å²) in [4.78, 5) is 39.4. The van der Waals surface area contributed by atoms with Gasteiger partial charge in [-0.05, 0) is 30.7 Å². The van der Waals surface area contributed by atoms with Gasteiger partial charge in [-0.3, -0.25) is 9.59 Å². The Labute approximate surface area is 162 Å². The maximum absolute atomic E-state index is 12.2. The maximum atomic E-state index is 12.2. The summed E-state index contributed by atoms with van der Waals surface area (Å²) in [6.07, 6.45) is 1.95. The van der Waals surface area contributed by atoms with E-state index in [-0.39, 0.29) is 31.0 Å². The van der Waals surface area contributed by atoms with E-state index in [2.05, 4.69) is 15.6 Å². The van der Waals surface area contributed by atoms with Crippen molar-refractivity contribution in [3.8, 4) is 0 Å². The summed E-state index contributed by atoms with van der Waals surface area (Å²) < 4.78 is 4.98. The molecule has 0 aliphatic carbocycles. The average Bonchev–Trinajstić information content (AvgIpc) is 3.10. The fraction of sp³-hybridized carbons (Fsp3) is 0.190. The highest BCUT2D eigenvalue weighted by atomic mass is 16.5. The van der Waals surface area contributed by atoms with Crippen LogP contribution in [0.15, 0.2) is 54.7 Å². The molecule has 0 fully saturated rings. The Morgan fingerprint density at radius 2 is 1.75 bits per heavy atom. The number of anilines is 1. The minimum Gasteiger partial charge on any atom is -0.462 e. The van der Waals surface area contributed by atoms with E-state index < -0.39 is 11.9 Å². The molecule has 0 radical (unpaired) electrons. The number of carbonyl (C=O) groups excluding carboxylic acids is 3. The van der Waals surface area contributed by atoms with Crippen LogP contribution in [0.3, 0.4) is 0 Å². The summed E-state index contributed by atoms with van der Waals surface area (Å²) >= 11 is 0. The van der Waals surface area contributed by atoms with Gasteiger partial charge in [0.1, 0.15) is 0 Å². The lowest BCUT2D eigenvalue weighted by atomic mass is 10.1. The molecular formula is C21H21N3O4. The summed E-state index contributed by atoms with van der Waals surface area (Å²) in [7, 11) is 0. The van der Waals surface area contributed by atoms with Crippen LogP contribution in [0.4, 0.5) is 5.69 Å². The summed E-state index contributed by atoms with van der Waals surface area (Å²) in [5, 5.41) is 6.21. The molecule has 1 aromatic heterocycles. The molecule has 0 aliphatic heterocycles. The van der Waals surface area contributed by atoms with Crippen molar-refractivity contribution < 1.29 is 19.1 Å². The Hall–Kier alpha value is -3.61. The van der Waals surface area contributed by atoms with E-state index in [1.165, 1.54) is 0 Å². The van der Waals surface area contributed by atoms with Crippen LogP contribution in [0.2, 0.25) is 0 Å². The molecule has 0 saturated carbocycles. The topological polar surface area (TPSA) is 100 Å². The minimum absolute atomic E-state index is 0.163. The number of aromatic nitrogens is 1. The monoisotopic (exact) mass is 379 g/mol. The predicted molar refractivity (Wildman–Crippen MR) is 106 cm³/mol. The van der Waals surface area contributed by atoms with Gasteiger partial charge in [0.2, 0.25) is 11.8 Å². The van der Waals surface area contributed by atoms with Gasteiger partial charge < -0.3 is 20.4 Å². The number of rotatable bonds is 7. The molecule has 28 heavy (non-hydrogen) atoms. The van der Waals surface area contributed by atoms with Crippen LogP contribution >= 0.6 is 0 Å². The van der Waals surface area contributed by atoms with E-state index in [0.29, 0.717) is 5.69 Å². The van der Waals surface area contributed by atoms with Gasteiger partial charge >= 0.3 is 5.97 Å². The predicted octanol–water partition coefficient (Wildman–Crippen LogP) is 2.64. The first-order chi connectivity index (χ1) is 13.6. The number of H-pyrrole nitrogens is 1. The number of aromatic amines is 1. The number of fused-ring (bicyclic) bond motifs is 1. The molecule has 3 aromatic rings. The Morgan fingerprint density at radius 1 is 1.00 bits per heavy atom. The summed E-state index contributed by atoms with van der Waals surface area (Å²) in [5.74, 6) is -1.20. The van der Waals surface area contributed by atoms with Crippen LogP contribution in [-0.4, -0.2) is 35.9 Å². The van der Waals surface area contributed by atoms with E-state index in [4.69, 9.17) is 4.74 Å². The van der Waals surface area contributed by atoms with E-state index in [1.54, 1.807) is 37.4 Å². The lowest BCUT2D eigenvalue weighted by molar-refractivity contribution is -0.123. The van der Waals surface area contributed by atoms with Gasteiger partial charge in [0, 0.05) is 17.1 Å². The van der Waals surface area contributed by atoms with Crippen LogP contribution in [-0.2, 0) is 20.7 Å². The van der Waals surface area contributed by atoms with Crippen LogP contribution in [0, 0.1) is 0 Å². The van der Waals surface area contributed by atoms with Crippen molar-refractivity contribution in [1.29, 1.82) is 0 Å². The Kier molecular flexibility index (Phi) is 6.06.